The Balaban J connectivity index is 2.13. The molecule has 0 aliphatic heterocycles. The Hall–Kier alpha value is -1.80. The van der Waals surface area contributed by atoms with Crippen molar-refractivity contribution in [2.75, 3.05) is 18.3 Å². The molecule has 0 unspecified atom stereocenters. The molecule has 0 amide bonds. The number of Topliss-reactive ketones (excluding diaryl/α,β-unsaturated/α-hetero) is 1. The van der Waals surface area contributed by atoms with Crippen LogP contribution < -0.4 is 0 Å². The quantitative estimate of drug-likeness (QED) is 0.402. The molecule has 0 atom stereocenters. The van der Waals surface area contributed by atoms with Crippen LogP contribution in [0.5, 0.6) is 0 Å². The maximum Gasteiger partial charge on any atom is 0.211 e. The highest BCUT2D eigenvalue weighted by atomic mass is 32.2. The molecule has 1 nitrogen and oxygen atoms in total. The van der Waals surface area contributed by atoms with Crippen molar-refractivity contribution in [3.8, 4) is 0 Å². The van der Waals surface area contributed by atoms with Crippen molar-refractivity contribution in [3.05, 3.63) is 60.2 Å². The Morgan fingerprint density at radius 2 is 1.60 bits per heavy atom. The van der Waals surface area contributed by atoms with E-state index in [1.165, 1.54) is 16.2 Å². The first-order valence-electron chi connectivity index (χ1n) is 6.64. The van der Waals surface area contributed by atoms with Crippen LogP contribution in [-0.4, -0.2) is 24.0 Å². The molecule has 0 fully saturated rings. The van der Waals surface area contributed by atoms with Crippen LogP contribution in [-0.2, 0) is 10.9 Å². The Labute approximate surface area is 122 Å². The fourth-order valence-electron chi connectivity index (χ4n) is 2.53. The second-order valence-corrected chi connectivity index (χ2v) is 7.54. The molecule has 0 aliphatic rings. The molecule has 20 heavy (non-hydrogen) atoms. The topological polar surface area (TPSA) is 17.1 Å². The molecule has 0 saturated heterocycles. The molecule has 0 N–H and O–H groups in total. The molecule has 3 rings (SSSR count). The summed E-state index contributed by atoms with van der Waals surface area (Å²) in [7, 11) is 0.148. The highest BCUT2D eigenvalue weighted by Crippen LogP contribution is 2.26. The lowest BCUT2D eigenvalue weighted by Gasteiger charge is -2.06. The van der Waals surface area contributed by atoms with Crippen molar-refractivity contribution in [2.24, 2.45) is 0 Å². The predicted octanol–water partition coefficient (Wildman–Crippen LogP) is 4.05. The normalized spacial score (nSPS) is 11.3. The maximum atomic E-state index is 12.2. The Kier molecular flexibility index (Phi) is 3.49. The monoisotopic (exact) mass is 281 g/mol. The summed E-state index contributed by atoms with van der Waals surface area (Å²) < 4.78 is 0. The molecule has 100 valence electrons. The lowest BCUT2D eigenvalue weighted by atomic mass is 9.99. The Bertz CT molecular complexity index is 790. The van der Waals surface area contributed by atoms with Gasteiger partial charge in [0.15, 0.2) is 5.75 Å². The van der Waals surface area contributed by atoms with Crippen LogP contribution in [0.4, 0.5) is 0 Å². The van der Waals surface area contributed by atoms with E-state index in [4.69, 9.17) is 0 Å². The second kappa shape index (κ2) is 5.29. The van der Waals surface area contributed by atoms with Crippen molar-refractivity contribution < 1.29 is 4.79 Å². The smallest absolute Gasteiger partial charge is 0.211 e. The average molecular weight is 281 g/mol. The van der Waals surface area contributed by atoms with E-state index in [9.17, 15) is 4.79 Å². The van der Waals surface area contributed by atoms with E-state index in [0.29, 0.717) is 5.75 Å². The zero-order chi connectivity index (χ0) is 14.1. The SMILES string of the molecule is C[S+](C)CC(=O)c1ccc2c(ccc3ccccc32)c1. The van der Waals surface area contributed by atoms with E-state index in [-0.39, 0.29) is 16.7 Å². The summed E-state index contributed by atoms with van der Waals surface area (Å²) in [6.07, 6.45) is 4.21. The largest absolute Gasteiger partial charge is 0.289 e. The summed E-state index contributed by atoms with van der Waals surface area (Å²) in [5.74, 6) is 0.882. The number of hydrogen-bond acceptors (Lipinski definition) is 1. The summed E-state index contributed by atoms with van der Waals surface area (Å²) in [4.78, 5) is 12.2. The average Bonchev–Trinajstić information content (AvgIpc) is 2.45. The summed E-state index contributed by atoms with van der Waals surface area (Å²) in [5, 5.41) is 4.84. The zero-order valence-electron chi connectivity index (χ0n) is 11.7. The molecule has 0 bridgehead atoms. The zero-order valence-corrected chi connectivity index (χ0v) is 12.5. The van der Waals surface area contributed by atoms with Gasteiger partial charge in [0.1, 0.15) is 0 Å². The molecule has 2 heteroatoms. The number of carbonyl (C=O) groups excluding carboxylic acids is 1. The van der Waals surface area contributed by atoms with Crippen LogP contribution in [0.15, 0.2) is 54.6 Å². The van der Waals surface area contributed by atoms with E-state index in [0.717, 1.165) is 10.9 Å². The van der Waals surface area contributed by atoms with E-state index in [1.54, 1.807) is 0 Å². The fourth-order valence-corrected chi connectivity index (χ4v) is 3.22. The molecule has 3 aromatic carbocycles. The highest BCUT2D eigenvalue weighted by Gasteiger charge is 2.14. The molecule has 3 aromatic rings. The van der Waals surface area contributed by atoms with Gasteiger partial charge in [-0.3, -0.25) is 4.79 Å². The lowest BCUT2D eigenvalue weighted by molar-refractivity contribution is 0.102. The molecule has 0 aliphatic carbocycles. The van der Waals surface area contributed by atoms with Gasteiger partial charge in [0, 0.05) is 5.56 Å². The summed E-state index contributed by atoms with van der Waals surface area (Å²) in [6.45, 7) is 0. The molecule has 0 spiro atoms. The first-order valence-corrected chi connectivity index (χ1v) is 8.85. The van der Waals surface area contributed by atoms with Crippen molar-refractivity contribution in [1.29, 1.82) is 0 Å². The van der Waals surface area contributed by atoms with Gasteiger partial charge in [-0.25, -0.2) is 0 Å². The minimum Gasteiger partial charge on any atom is -0.289 e. The van der Waals surface area contributed by atoms with Gasteiger partial charge in [-0.1, -0.05) is 48.5 Å². The van der Waals surface area contributed by atoms with E-state index < -0.39 is 0 Å². The van der Waals surface area contributed by atoms with Crippen molar-refractivity contribution in [1.82, 2.24) is 0 Å². The Morgan fingerprint density at radius 3 is 2.40 bits per heavy atom. The molecular weight excluding hydrogens is 264 g/mol. The number of rotatable bonds is 3. The number of ketones is 1. The third-order valence-electron chi connectivity index (χ3n) is 3.49. The fraction of sp³-hybridized carbons (Fsp3) is 0.167. The summed E-state index contributed by atoms with van der Waals surface area (Å²) in [5.41, 5.74) is 0.828. The molecule has 0 radical (unpaired) electrons. The number of benzene rings is 3. The number of fused-ring (bicyclic) bond motifs is 3. The highest BCUT2D eigenvalue weighted by molar-refractivity contribution is 7.96. The van der Waals surface area contributed by atoms with Gasteiger partial charge >= 0.3 is 0 Å². The molecule has 0 saturated carbocycles. The van der Waals surface area contributed by atoms with E-state index in [2.05, 4.69) is 55.0 Å². The van der Waals surface area contributed by atoms with Crippen LogP contribution in [0.2, 0.25) is 0 Å². The standard InChI is InChI=1S/C18H17OS/c1-20(2)12-18(19)15-9-10-17-14(11-15)8-7-13-5-3-4-6-16(13)17/h3-11H,12H2,1-2H3/q+1. The van der Waals surface area contributed by atoms with Crippen LogP contribution >= 0.6 is 0 Å². The first kappa shape index (κ1) is 13.2. The van der Waals surface area contributed by atoms with Crippen LogP contribution in [0, 0.1) is 0 Å². The van der Waals surface area contributed by atoms with Crippen molar-refractivity contribution in [2.45, 2.75) is 0 Å². The van der Waals surface area contributed by atoms with Gasteiger partial charge in [0.25, 0.3) is 0 Å². The number of hydrogen-bond donors (Lipinski definition) is 0. The first-order chi connectivity index (χ1) is 9.65. The third-order valence-corrected chi connectivity index (χ3v) is 4.33. The van der Waals surface area contributed by atoms with Gasteiger partial charge < -0.3 is 0 Å². The van der Waals surface area contributed by atoms with Crippen LogP contribution in [0.25, 0.3) is 21.5 Å². The van der Waals surface area contributed by atoms with Gasteiger partial charge in [-0.2, -0.15) is 0 Å². The molecular formula is C18H17OS+. The minimum absolute atomic E-state index is 0.148. The van der Waals surface area contributed by atoms with Gasteiger partial charge in [0.05, 0.1) is 12.5 Å². The van der Waals surface area contributed by atoms with Gasteiger partial charge in [-0.15, -0.1) is 0 Å². The lowest BCUT2D eigenvalue weighted by Crippen LogP contribution is -2.13. The van der Waals surface area contributed by atoms with Crippen molar-refractivity contribution >= 4 is 38.2 Å². The molecule has 0 aromatic heterocycles. The van der Waals surface area contributed by atoms with Crippen LogP contribution in [0.1, 0.15) is 10.4 Å². The van der Waals surface area contributed by atoms with E-state index >= 15 is 0 Å². The third kappa shape index (κ3) is 2.44. The van der Waals surface area contributed by atoms with Crippen LogP contribution in [0.3, 0.4) is 0 Å². The van der Waals surface area contributed by atoms with E-state index in [1.807, 2.05) is 12.1 Å². The Morgan fingerprint density at radius 1 is 0.900 bits per heavy atom. The maximum absolute atomic E-state index is 12.2. The molecule has 0 heterocycles. The van der Waals surface area contributed by atoms with Gasteiger partial charge in [0.2, 0.25) is 5.78 Å². The predicted molar refractivity (Wildman–Crippen MR) is 89.9 cm³/mol. The van der Waals surface area contributed by atoms with Gasteiger partial charge in [-0.05, 0) is 38.5 Å². The van der Waals surface area contributed by atoms with Crippen molar-refractivity contribution in [3.63, 3.8) is 0 Å². The summed E-state index contributed by atoms with van der Waals surface area (Å²) in [6, 6.07) is 18.6. The minimum atomic E-state index is 0.148. The second-order valence-electron chi connectivity index (χ2n) is 5.28. The number of carbonyl (C=O) groups is 1. The summed E-state index contributed by atoms with van der Waals surface area (Å²) >= 11 is 0.